The van der Waals surface area contributed by atoms with Crippen molar-refractivity contribution >= 4 is 10.9 Å². The summed E-state index contributed by atoms with van der Waals surface area (Å²) in [7, 11) is 0. The zero-order valence-corrected chi connectivity index (χ0v) is 15.5. The molecular formula is C24H18N2O3. The molecule has 0 atom stereocenters. The summed E-state index contributed by atoms with van der Waals surface area (Å²) in [6, 6.07) is 22.0. The van der Waals surface area contributed by atoms with E-state index in [9.17, 15) is 10.2 Å². The van der Waals surface area contributed by atoms with E-state index in [0.717, 1.165) is 16.5 Å². The Balaban J connectivity index is 1.65. The second kappa shape index (κ2) is 6.87. The lowest BCUT2D eigenvalue weighted by atomic mass is 10.0. The van der Waals surface area contributed by atoms with E-state index in [4.69, 9.17) is 4.42 Å². The highest BCUT2D eigenvalue weighted by Crippen LogP contribution is 2.40. The van der Waals surface area contributed by atoms with E-state index in [0.29, 0.717) is 34.9 Å². The van der Waals surface area contributed by atoms with Crippen molar-refractivity contribution in [2.75, 3.05) is 0 Å². The van der Waals surface area contributed by atoms with Gasteiger partial charge in [-0.2, -0.15) is 0 Å². The Labute approximate surface area is 166 Å². The van der Waals surface area contributed by atoms with E-state index in [1.807, 2.05) is 36.5 Å². The molecule has 5 aromatic rings. The van der Waals surface area contributed by atoms with Gasteiger partial charge in [0, 0.05) is 22.7 Å². The Morgan fingerprint density at radius 3 is 2.21 bits per heavy atom. The molecule has 0 saturated carbocycles. The van der Waals surface area contributed by atoms with Crippen molar-refractivity contribution in [3.05, 3.63) is 90.4 Å². The number of aromatic amines is 1. The summed E-state index contributed by atoms with van der Waals surface area (Å²) in [4.78, 5) is 7.95. The van der Waals surface area contributed by atoms with Gasteiger partial charge in [-0.05, 0) is 35.9 Å². The average molecular weight is 382 g/mol. The maximum Gasteiger partial charge on any atom is 0.200 e. The molecule has 0 aliphatic carbocycles. The van der Waals surface area contributed by atoms with Gasteiger partial charge >= 0.3 is 0 Å². The molecule has 5 nitrogen and oxygen atoms in total. The molecule has 0 aliphatic heterocycles. The number of benzene rings is 3. The molecule has 0 bridgehead atoms. The zero-order valence-electron chi connectivity index (χ0n) is 15.5. The largest absolute Gasteiger partial charge is 0.507 e. The first kappa shape index (κ1) is 17.1. The predicted octanol–water partition coefficient (Wildman–Crippen LogP) is 5.49. The molecule has 0 aliphatic rings. The molecule has 3 aromatic carbocycles. The first-order valence-electron chi connectivity index (χ1n) is 9.32. The average Bonchev–Trinajstić information content (AvgIpc) is 3.34. The van der Waals surface area contributed by atoms with Crippen molar-refractivity contribution in [3.8, 4) is 34.1 Å². The number of H-pyrrole nitrogens is 1. The number of phenolic OH excluding ortho intramolecular Hbond substituents is 2. The molecule has 3 N–H and O–H groups in total. The number of hydrogen-bond acceptors (Lipinski definition) is 4. The van der Waals surface area contributed by atoms with Crippen molar-refractivity contribution in [2.45, 2.75) is 6.42 Å². The fourth-order valence-electron chi connectivity index (χ4n) is 3.59. The topological polar surface area (TPSA) is 82.3 Å². The Bertz CT molecular complexity index is 1250. The van der Waals surface area contributed by atoms with Crippen molar-refractivity contribution in [3.63, 3.8) is 0 Å². The van der Waals surface area contributed by atoms with E-state index in [1.165, 1.54) is 0 Å². The Morgan fingerprint density at radius 1 is 0.793 bits per heavy atom. The second-order valence-corrected chi connectivity index (χ2v) is 6.86. The zero-order chi connectivity index (χ0) is 19.8. The van der Waals surface area contributed by atoms with Crippen LogP contribution in [0, 0.1) is 0 Å². The minimum Gasteiger partial charge on any atom is -0.507 e. The highest BCUT2D eigenvalue weighted by molar-refractivity contribution is 5.84. The van der Waals surface area contributed by atoms with Gasteiger partial charge in [-0.15, -0.1) is 0 Å². The molecule has 29 heavy (non-hydrogen) atoms. The van der Waals surface area contributed by atoms with Crippen LogP contribution >= 0.6 is 0 Å². The summed E-state index contributed by atoms with van der Waals surface area (Å²) in [5, 5.41) is 21.8. The van der Waals surface area contributed by atoms with Gasteiger partial charge < -0.3 is 19.6 Å². The van der Waals surface area contributed by atoms with Crippen molar-refractivity contribution in [1.82, 2.24) is 9.97 Å². The number of nitrogens with one attached hydrogen (secondary N) is 1. The van der Waals surface area contributed by atoms with E-state index in [2.05, 4.69) is 16.0 Å². The van der Waals surface area contributed by atoms with Crippen LogP contribution in [0.5, 0.6) is 11.5 Å². The fraction of sp³-hybridized carbons (Fsp3) is 0.0417. The van der Waals surface area contributed by atoms with Crippen LogP contribution in [0.2, 0.25) is 0 Å². The third kappa shape index (κ3) is 3.02. The third-order valence-electron chi connectivity index (χ3n) is 5.00. The Hall–Kier alpha value is -3.99. The number of hydrogen-bond donors (Lipinski definition) is 3. The van der Waals surface area contributed by atoms with Crippen molar-refractivity contribution in [2.24, 2.45) is 0 Å². The van der Waals surface area contributed by atoms with Crippen LogP contribution < -0.4 is 0 Å². The molecule has 0 unspecified atom stereocenters. The molecule has 5 heteroatoms. The Kier molecular flexibility index (Phi) is 4.06. The maximum absolute atomic E-state index is 10.4. The van der Waals surface area contributed by atoms with Gasteiger partial charge in [0.2, 0.25) is 0 Å². The van der Waals surface area contributed by atoms with Crippen LogP contribution in [0.15, 0.2) is 83.4 Å². The van der Waals surface area contributed by atoms with Crippen LogP contribution in [0.4, 0.5) is 0 Å². The van der Waals surface area contributed by atoms with E-state index in [-0.39, 0.29) is 11.5 Å². The normalized spacial score (nSPS) is 11.2. The smallest absolute Gasteiger partial charge is 0.200 e. The number of fused-ring (bicyclic) bond motifs is 1. The first-order chi connectivity index (χ1) is 14.2. The molecule has 0 fully saturated rings. The van der Waals surface area contributed by atoms with E-state index < -0.39 is 0 Å². The highest BCUT2D eigenvalue weighted by Gasteiger charge is 2.21. The standard InChI is InChI=1S/C24H18N2O3/c27-20-11-5-2-8-17(20)23-24(18-9-3-6-12-21(18)28)29-22(26-23)13-15-14-25-19-10-4-1-7-16(15)19/h1-12,14,25,27-28H,13H2. The second-order valence-electron chi connectivity index (χ2n) is 6.86. The predicted molar refractivity (Wildman–Crippen MR) is 112 cm³/mol. The number of nitrogens with zero attached hydrogens (tertiary/aromatic N) is 1. The van der Waals surface area contributed by atoms with Gasteiger partial charge in [-0.25, -0.2) is 4.98 Å². The highest BCUT2D eigenvalue weighted by atomic mass is 16.4. The van der Waals surface area contributed by atoms with Crippen LogP contribution in [-0.2, 0) is 6.42 Å². The van der Waals surface area contributed by atoms with Crippen LogP contribution in [0.3, 0.4) is 0 Å². The van der Waals surface area contributed by atoms with Gasteiger partial charge in [-0.1, -0.05) is 42.5 Å². The monoisotopic (exact) mass is 382 g/mol. The summed E-state index contributed by atoms with van der Waals surface area (Å²) in [6.45, 7) is 0. The number of rotatable bonds is 4. The SMILES string of the molecule is Oc1ccccc1-c1nc(Cc2c[nH]c3ccccc23)oc1-c1ccccc1O. The van der Waals surface area contributed by atoms with E-state index >= 15 is 0 Å². The maximum atomic E-state index is 10.4. The number of oxazole rings is 1. The quantitative estimate of drug-likeness (QED) is 0.384. The summed E-state index contributed by atoms with van der Waals surface area (Å²) >= 11 is 0. The summed E-state index contributed by atoms with van der Waals surface area (Å²) < 4.78 is 6.12. The Morgan fingerprint density at radius 2 is 1.45 bits per heavy atom. The van der Waals surface area contributed by atoms with Gasteiger partial charge in [0.15, 0.2) is 11.7 Å². The number of aromatic hydroxyl groups is 2. The van der Waals surface area contributed by atoms with Crippen molar-refractivity contribution in [1.29, 1.82) is 0 Å². The molecule has 0 amide bonds. The molecular weight excluding hydrogens is 364 g/mol. The summed E-state index contributed by atoms with van der Waals surface area (Å²) in [5.74, 6) is 1.14. The lowest BCUT2D eigenvalue weighted by Crippen LogP contribution is -1.87. The van der Waals surface area contributed by atoms with Gasteiger partial charge in [0.25, 0.3) is 0 Å². The number of para-hydroxylation sites is 3. The molecule has 0 radical (unpaired) electrons. The summed E-state index contributed by atoms with van der Waals surface area (Å²) in [6.07, 6.45) is 2.44. The lowest BCUT2D eigenvalue weighted by molar-refractivity contribution is 0.470. The molecule has 142 valence electrons. The van der Waals surface area contributed by atoms with Crippen molar-refractivity contribution < 1.29 is 14.6 Å². The first-order valence-corrected chi connectivity index (χ1v) is 9.32. The van der Waals surface area contributed by atoms with Crippen LogP contribution in [-0.4, -0.2) is 20.2 Å². The van der Waals surface area contributed by atoms with Gasteiger partial charge in [-0.3, -0.25) is 0 Å². The molecule has 0 saturated heterocycles. The molecule has 5 rings (SSSR count). The minimum absolute atomic E-state index is 0.0963. The lowest BCUT2D eigenvalue weighted by Gasteiger charge is -2.05. The number of aromatic nitrogens is 2. The van der Waals surface area contributed by atoms with Gasteiger partial charge in [0.05, 0.1) is 12.0 Å². The van der Waals surface area contributed by atoms with E-state index in [1.54, 1.807) is 36.4 Å². The molecule has 2 heterocycles. The third-order valence-corrected chi connectivity index (χ3v) is 5.00. The number of phenols is 2. The summed E-state index contributed by atoms with van der Waals surface area (Å²) in [5.41, 5.74) is 3.70. The molecule has 2 aromatic heterocycles. The fourth-order valence-corrected chi connectivity index (χ4v) is 3.59. The minimum atomic E-state index is 0.0963. The molecule has 0 spiro atoms. The van der Waals surface area contributed by atoms with Crippen LogP contribution in [0.1, 0.15) is 11.5 Å². The van der Waals surface area contributed by atoms with Crippen LogP contribution in [0.25, 0.3) is 33.5 Å². The van der Waals surface area contributed by atoms with Gasteiger partial charge in [0.1, 0.15) is 17.2 Å².